The molecule has 0 atom stereocenters. The highest BCUT2D eigenvalue weighted by Crippen LogP contribution is 2.22. The molecule has 0 aliphatic rings. The van der Waals surface area contributed by atoms with E-state index < -0.39 is 9.84 Å². The van der Waals surface area contributed by atoms with Gasteiger partial charge in [-0.2, -0.15) is 5.26 Å². The van der Waals surface area contributed by atoms with Gasteiger partial charge in [-0.1, -0.05) is 50.1 Å². The number of allylic oxidation sites excluding steroid dienone is 1. The van der Waals surface area contributed by atoms with Gasteiger partial charge in [0.1, 0.15) is 16.7 Å². The third-order valence-electron chi connectivity index (χ3n) is 3.63. The molecule has 0 amide bonds. The van der Waals surface area contributed by atoms with E-state index in [9.17, 15) is 13.7 Å². The molecule has 0 spiro atoms. The average molecular weight is 355 g/mol. The van der Waals surface area contributed by atoms with Crippen molar-refractivity contribution in [2.75, 3.05) is 6.61 Å². The van der Waals surface area contributed by atoms with Crippen LogP contribution in [0.1, 0.15) is 31.7 Å². The second-order valence-corrected chi connectivity index (χ2v) is 7.48. The Bertz CT molecular complexity index is 865. The van der Waals surface area contributed by atoms with Gasteiger partial charge in [0.05, 0.1) is 11.5 Å². The number of nitriles is 1. The zero-order valence-corrected chi connectivity index (χ0v) is 15.0. The second kappa shape index (κ2) is 9.05. The number of rotatable bonds is 8. The predicted molar refractivity (Wildman–Crippen MR) is 98.7 cm³/mol. The molecule has 0 saturated carbocycles. The van der Waals surface area contributed by atoms with Crippen LogP contribution in [0.4, 0.5) is 0 Å². The van der Waals surface area contributed by atoms with Crippen LogP contribution in [-0.2, 0) is 9.84 Å². The van der Waals surface area contributed by atoms with Crippen LogP contribution >= 0.6 is 0 Å². The van der Waals surface area contributed by atoms with Gasteiger partial charge in [0.25, 0.3) is 0 Å². The lowest BCUT2D eigenvalue weighted by molar-refractivity contribution is 0.306. The summed E-state index contributed by atoms with van der Waals surface area (Å²) < 4.78 is 30.8. The van der Waals surface area contributed by atoms with Crippen molar-refractivity contribution in [3.05, 3.63) is 65.1 Å². The molecule has 0 heterocycles. The third kappa shape index (κ3) is 5.20. The summed E-state index contributed by atoms with van der Waals surface area (Å²) in [6, 6.07) is 16.8. The molecule has 4 nitrogen and oxygen atoms in total. The first kappa shape index (κ1) is 18.8. The van der Waals surface area contributed by atoms with Crippen LogP contribution in [-0.4, -0.2) is 15.0 Å². The van der Waals surface area contributed by atoms with E-state index in [1.807, 2.05) is 6.07 Å². The van der Waals surface area contributed by atoms with E-state index in [1.54, 1.807) is 42.5 Å². The Morgan fingerprint density at radius 2 is 1.88 bits per heavy atom. The summed E-state index contributed by atoms with van der Waals surface area (Å²) in [6.07, 6.45) is 4.58. The minimum absolute atomic E-state index is 0.106. The zero-order valence-electron chi connectivity index (χ0n) is 14.2. The predicted octanol–water partition coefficient (Wildman–Crippen LogP) is 4.59. The van der Waals surface area contributed by atoms with Crippen molar-refractivity contribution in [3.8, 4) is 11.8 Å². The Kier molecular flexibility index (Phi) is 6.79. The van der Waals surface area contributed by atoms with E-state index in [2.05, 4.69) is 6.92 Å². The number of benzene rings is 2. The SMILES string of the molecule is CCCCCOc1cccc(C=C(C#N)S(=O)(=O)c2ccccc2)c1. The minimum atomic E-state index is -3.83. The fraction of sp³-hybridized carbons (Fsp3) is 0.250. The molecule has 0 N–H and O–H groups in total. The Morgan fingerprint density at radius 1 is 1.12 bits per heavy atom. The number of hydrogen-bond acceptors (Lipinski definition) is 4. The Hall–Kier alpha value is -2.58. The van der Waals surface area contributed by atoms with E-state index in [0.717, 1.165) is 19.3 Å². The number of sulfone groups is 1. The summed E-state index contributed by atoms with van der Waals surface area (Å²) in [5, 5.41) is 9.33. The molecule has 0 saturated heterocycles. The van der Waals surface area contributed by atoms with Crippen LogP contribution in [0.3, 0.4) is 0 Å². The summed E-state index contributed by atoms with van der Waals surface area (Å²) in [6.45, 7) is 2.75. The van der Waals surface area contributed by atoms with Gasteiger partial charge in [-0.15, -0.1) is 0 Å². The van der Waals surface area contributed by atoms with Crippen molar-refractivity contribution >= 4 is 15.9 Å². The van der Waals surface area contributed by atoms with Crippen molar-refractivity contribution < 1.29 is 13.2 Å². The van der Waals surface area contributed by atoms with E-state index >= 15 is 0 Å². The second-order valence-electron chi connectivity index (χ2n) is 5.56. The lowest BCUT2D eigenvalue weighted by atomic mass is 10.2. The molecule has 25 heavy (non-hydrogen) atoms. The smallest absolute Gasteiger partial charge is 0.216 e. The van der Waals surface area contributed by atoms with Gasteiger partial charge in [0.2, 0.25) is 9.84 Å². The van der Waals surface area contributed by atoms with E-state index in [0.29, 0.717) is 17.9 Å². The van der Waals surface area contributed by atoms with Gasteiger partial charge in [-0.3, -0.25) is 0 Å². The van der Waals surface area contributed by atoms with Crippen molar-refractivity contribution in [2.45, 2.75) is 31.1 Å². The van der Waals surface area contributed by atoms with Crippen LogP contribution in [0.15, 0.2) is 64.4 Å². The largest absolute Gasteiger partial charge is 0.494 e. The molecule has 0 aliphatic carbocycles. The van der Waals surface area contributed by atoms with E-state index in [4.69, 9.17) is 4.74 Å². The van der Waals surface area contributed by atoms with Gasteiger partial charge >= 0.3 is 0 Å². The molecule has 0 unspecified atom stereocenters. The number of hydrogen-bond donors (Lipinski definition) is 0. The lowest BCUT2D eigenvalue weighted by Gasteiger charge is -2.07. The highest BCUT2D eigenvalue weighted by Gasteiger charge is 2.20. The Balaban J connectivity index is 2.24. The van der Waals surface area contributed by atoms with Crippen molar-refractivity contribution in [1.29, 1.82) is 5.26 Å². The van der Waals surface area contributed by atoms with Crippen LogP contribution in [0.2, 0.25) is 0 Å². The summed E-state index contributed by atoms with van der Waals surface area (Å²) in [5.74, 6) is 0.666. The molecule has 0 fully saturated rings. The van der Waals surface area contributed by atoms with Crippen LogP contribution in [0, 0.1) is 11.3 Å². The first-order valence-electron chi connectivity index (χ1n) is 8.22. The molecular formula is C20H21NO3S. The molecule has 0 radical (unpaired) electrons. The standard InChI is InChI=1S/C20H21NO3S/c1-2-3-7-13-24-18-10-8-9-17(14-18)15-20(16-21)25(22,23)19-11-5-4-6-12-19/h4-6,8-12,14-15H,2-3,7,13H2,1H3. The molecule has 2 rings (SSSR count). The summed E-state index contributed by atoms with van der Waals surface area (Å²) >= 11 is 0. The average Bonchev–Trinajstić information content (AvgIpc) is 2.64. The molecule has 2 aromatic rings. The van der Waals surface area contributed by atoms with E-state index in [-0.39, 0.29) is 9.80 Å². The molecule has 0 aliphatic heterocycles. The highest BCUT2D eigenvalue weighted by atomic mass is 32.2. The molecule has 0 aromatic heterocycles. The fourth-order valence-corrected chi connectivity index (χ4v) is 3.46. The fourth-order valence-electron chi connectivity index (χ4n) is 2.28. The first-order valence-corrected chi connectivity index (χ1v) is 9.71. The van der Waals surface area contributed by atoms with Crippen LogP contribution in [0.25, 0.3) is 6.08 Å². The molecule has 0 bridgehead atoms. The van der Waals surface area contributed by atoms with Crippen molar-refractivity contribution in [3.63, 3.8) is 0 Å². The Morgan fingerprint density at radius 3 is 2.56 bits per heavy atom. The van der Waals surface area contributed by atoms with E-state index in [1.165, 1.54) is 18.2 Å². The zero-order chi connectivity index (χ0) is 18.1. The Labute approximate surface area is 149 Å². The number of nitrogens with zero attached hydrogens (tertiary/aromatic N) is 1. The monoisotopic (exact) mass is 355 g/mol. The maximum atomic E-state index is 12.6. The summed E-state index contributed by atoms with van der Waals surface area (Å²) in [5.41, 5.74) is 0.615. The highest BCUT2D eigenvalue weighted by molar-refractivity contribution is 7.95. The lowest BCUT2D eigenvalue weighted by Crippen LogP contribution is -2.03. The topological polar surface area (TPSA) is 67.2 Å². The quantitative estimate of drug-likeness (QED) is 0.513. The van der Waals surface area contributed by atoms with Gasteiger partial charge in [0, 0.05) is 0 Å². The van der Waals surface area contributed by atoms with Crippen LogP contribution in [0.5, 0.6) is 5.75 Å². The first-order chi connectivity index (χ1) is 12.1. The van der Waals surface area contributed by atoms with Crippen molar-refractivity contribution in [1.82, 2.24) is 0 Å². The number of ether oxygens (including phenoxy) is 1. The molecular weight excluding hydrogens is 334 g/mol. The van der Waals surface area contributed by atoms with Crippen molar-refractivity contribution in [2.24, 2.45) is 0 Å². The van der Waals surface area contributed by atoms with Crippen LogP contribution < -0.4 is 4.74 Å². The number of unbranched alkanes of at least 4 members (excludes halogenated alkanes) is 2. The maximum absolute atomic E-state index is 12.6. The van der Waals surface area contributed by atoms with Gasteiger partial charge in [0.15, 0.2) is 0 Å². The normalized spacial score (nSPS) is 11.8. The molecule has 5 heteroatoms. The van der Waals surface area contributed by atoms with Gasteiger partial charge in [-0.25, -0.2) is 8.42 Å². The third-order valence-corrected chi connectivity index (χ3v) is 5.31. The summed E-state index contributed by atoms with van der Waals surface area (Å²) in [7, 11) is -3.83. The molecule has 2 aromatic carbocycles. The minimum Gasteiger partial charge on any atom is -0.494 e. The maximum Gasteiger partial charge on any atom is 0.216 e. The van der Waals surface area contributed by atoms with Gasteiger partial charge < -0.3 is 4.74 Å². The van der Waals surface area contributed by atoms with Gasteiger partial charge in [-0.05, 0) is 42.3 Å². The summed E-state index contributed by atoms with van der Waals surface area (Å²) in [4.78, 5) is -0.184. The molecule has 130 valence electrons.